The lowest BCUT2D eigenvalue weighted by molar-refractivity contribution is -0.384. The second kappa shape index (κ2) is 4.40. The minimum absolute atomic E-state index is 0.0467. The summed E-state index contributed by atoms with van der Waals surface area (Å²) in [6, 6.07) is 5.85. The first-order chi connectivity index (χ1) is 8.08. The molecule has 90 valence electrons. The van der Waals surface area contributed by atoms with Crippen LogP contribution in [-0.4, -0.2) is 35.4 Å². The Morgan fingerprint density at radius 1 is 1.41 bits per heavy atom. The molecule has 1 aromatic carbocycles. The molecule has 1 N–H and O–H groups in total. The third-order valence-corrected chi connectivity index (χ3v) is 2.85. The Balaban J connectivity index is 2.04. The fourth-order valence-electron chi connectivity index (χ4n) is 1.84. The summed E-state index contributed by atoms with van der Waals surface area (Å²) in [5.74, 6) is 0.0587. The summed E-state index contributed by atoms with van der Waals surface area (Å²) >= 11 is 0. The Morgan fingerprint density at radius 3 is 2.53 bits per heavy atom. The van der Waals surface area contributed by atoms with Gasteiger partial charge < -0.3 is 10.2 Å². The van der Waals surface area contributed by atoms with E-state index in [1.165, 1.54) is 12.1 Å². The zero-order chi connectivity index (χ0) is 12.4. The van der Waals surface area contributed by atoms with Gasteiger partial charge in [0, 0.05) is 31.4 Å². The van der Waals surface area contributed by atoms with Crippen LogP contribution in [-0.2, 0) is 4.79 Å². The number of amides is 1. The molecule has 1 fully saturated rings. The zero-order valence-electron chi connectivity index (χ0n) is 9.42. The Hall–Kier alpha value is -2.11. The van der Waals surface area contributed by atoms with Crippen LogP contribution in [0.5, 0.6) is 0 Å². The molecule has 1 saturated heterocycles. The first kappa shape index (κ1) is 11.4. The average molecular weight is 235 g/mol. The van der Waals surface area contributed by atoms with Crippen molar-refractivity contribution in [2.45, 2.75) is 12.5 Å². The van der Waals surface area contributed by atoms with Crippen LogP contribution < -0.4 is 5.32 Å². The molecule has 0 saturated carbocycles. The van der Waals surface area contributed by atoms with E-state index in [2.05, 4.69) is 5.32 Å². The van der Waals surface area contributed by atoms with E-state index in [0.29, 0.717) is 0 Å². The van der Waals surface area contributed by atoms with Crippen LogP contribution in [0.3, 0.4) is 0 Å². The maximum absolute atomic E-state index is 11.6. The molecule has 6 nitrogen and oxygen atoms in total. The fraction of sp³-hybridized carbons (Fsp3) is 0.364. The van der Waals surface area contributed by atoms with E-state index in [-0.39, 0.29) is 17.6 Å². The van der Waals surface area contributed by atoms with E-state index >= 15 is 0 Å². The summed E-state index contributed by atoms with van der Waals surface area (Å²) in [5.41, 5.74) is 0.773. The second-order valence-corrected chi connectivity index (χ2v) is 4.05. The van der Waals surface area contributed by atoms with Crippen LogP contribution in [0.1, 0.15) is 6.42 Å². The van der Waals surface area contributed by atoms with Crippen molar-refractivity contribution in [3.8, 4) is 0 Å². The molecule has 6 heteroatoms. The van der Waals surface area contributed by atoms with E-state index in [1.54, 1.807) is 24.1 Å². The van der Waals surface area contributed by atoms with Gasteiger partial charge in [-0.1, -0.05) is 0 Å². The minimum Gasteiger partial charge on any atom is -0.374 e. The van der Waals surface area contributed by atoms with Crippen molar-refractivity contribution in [2.75, 3.05) is 18.9 Å². The number of nitro groups is 1. The van der Waals surface area contributed by atoms with Crippen LogP contribution in [0.15, 0.2) is 24.3 Å². The molecule has 1 aliphatic heterocycles. The van der Waals surface area contributed by atoms with E-state index < -0.39 is 4.92 Å². The van der Waals surface area contributed by atoms with Gasteiger partial charge in [-0.3, -0.25) is 14.9 Å². The molecular weight excluding hydrogens is 222 g/mol. The van der Waals surface area contributed by atoms with Crippen LogP contribution in [0.25, 0.3) is 0 Å². The summed E-state index contributed by atoms with van der Waals surface area (Å²) in [7, 11) is 1.76. The van der Waals surface area contributed by atoms with Crippen LogP contribution in [0.2, 0.25) is 0 Å². The number of nitrogens with zero attached hydrogens (tertiary/aromatic N) is 2. The van der Waals surface area contributed by atoms with Crippen molar-refractivity contribution in [1.82, 2.24) is 4.90 Å². The Labute approximate surface area is 98.4 Å². The Morgan fingerprint density at radius 2 is 2.06 bits per heavy atom. The molecule has 1 amide bonds. The third-order valence-electron chi connectivity index (χ3n) is 2.85. The number of nitrogens with one attached hydrogen (secondary N) is 1. The summed E-state index contributed by atoms with van der Waals surface area (Å²) in [6.07, 6.45) is 0.756. The van der Waals surface area contributed by atoms with Crippen molar-refractivity contribution in [3.63, 3.8) is 0 Å². The number of likely N-dealkylation sites (tertiary alicyclic amines) is 1. The molecule has 17 heavy (non-hydrogen) atoms. The van der Waals surface area contributed by atoms with Crippen molar-refractivity contribution in [1.29, 1.82) is 0 Å². The number of carbonyl (C=O) groups excluding carboxylic acids is 1. The number of carbonyl (C=O) groups is 1. The lowest BCUT2D eigenvalue weighted by Gasteiger charge is -2.13. The topological polar surface area (TPSA) is 75.5 Å². The van der Waals surface area contributed by atoms with Crippen LogP contribution in [0, 0.1) is 10.1 Å². The monoisotopic (exact) mass is 235 g/mol. The predicted molar refractivity (Wildman–Crippen MR) is 62.8 cm³/mol. The van der Waals surface area contributed by atoms with Gasteiger partial charge in [-0.2, -0.15) is 0 Å². The lowest BCUT2D eigenvalue weighted by Crippen LogP contribution is -2.30. The van der Waals surface area contributed by atoms with Gasteiger partial charge in [0.25, 0.3) is 5.69 Å². The number of benzene rings is 1. The molecule has 1 aromatic rings. The maximum Gasteiger partial charge on any atom is 0.269 e. The number of nitro benzene ring substituents is 1. The Bertz CT molecular complexity index is 444. The number of rotatable bonds is 3. The van der Waals surface area contributed by atoms with Gasteiger partial charge in [0.2, 0.25) is 5.91 Å². The molecule has 1 atom stereocenters. The van der Waals surface area contributed by atoms with Gasteiger partial charge in [-0.25, -0.2) is 0 Å². The number of hydrogen-bond donors (Lipinski definition) is 1. The van der Waals surface area contributed by atoms with Gasteiger partial charge in [-0.15, -0.1) is 0 Å². The highest BCUT2D eigenvalue weighted by Gasteiger charge is 2.28. The van der Waals surface area contributed by atoms with Crippen LogP contribution >= 0.6 is 0 Å². The standard InChI is InChI=1S/C11H13N3O3/c1-13-7-6-10(11(13)15)12-8-2-4-9(5-3-8)14(16)17/h2-5,10,12H,6-7H2,1H3. The summed E-state index contributed by atoms with van der Waals surface area (Å²) in [5, 5.41) is 13.5. The molecule has 1 unspecified atom stereocenters. The lowest BCUT2D eigenvalue weighted by atomic mass is 10.2. The van der Waals surface area contributed by atoms with Gasteiger partial charge in [0.15, 0.2) is 0 Å². The largest absolute Gasteiger partial charge is 0.374 e. The van der Waals surface area contributed by atoms with Crippen molar-refractivity contribution in [3.05, 3.63) is 34.4 Å². The molecule has 1 heterocycles. The number of non-ortho nitro benzene ring substituents is 1. The first-order valence-electron chi connectivity index (χ1n) is 5.34. The van der Waals surface area contributed by atoms with Crippen molar-refractivity contribution >= 4 is 17.3 Å². The van der Waals surface area contributed by atoms with E-state index in [1.807, 2.05) is 0 Å². The average Bonchev–Trinajstić information content (AvgIpc) is 2.62. The highest BCUT2D eigenvalue weighted by Crippen LogP contribution is 2.19. The molecule has 0 bridgehead atoms. The first-order valence-corrected chi connectivity index (χ1v) is 5.34. The molecule has 1 aliphatic rings. The van der Waals surface area contributed by atoms with Gasteiger partial charge in [0.05, 0.1) is 4.92 Å². The van der Waals surface area contributed by atoms with Gasteiger partial charge in [0.1, 0.15) is 6.04 Å². The van der Waals surface area contributed by atoms with E-state index in [9.17, 15) is 14.9 Å². The number of anilines is 1. The minimum atomic E-state index is -0.446. The SMILES string of the molecule is CN1CCC(Nc2ccc([N+](=O)[O-])cc2)C1=O. The van der Waals surface area contributed by atoms with Gasteiger partial charge >= 0.3 is 0 Å². The van der Waals surface area contributed by atoms with Crippen molar-refractivity contribution in [2.24, 2.45) is 0 Å². The molecular formula is C11H13N3O3. The maximum atomic E-state index is 11.6. The van der Waals surface area contributed by atoms with Crippen LogP contribution in [0.4, 0.5) is 11.4 Å². The molecule has 2 rings (SSSR count). The highest BCUT2D eigenvalue weighted by atomic mass is 16.6. The molecule has 0 radical (unpaired) electrons. The summed E-state index contributed by atoms with van der Waals surface area (Å²) in [4.78, 5) is 23.3. The number of hydrogen-bond acceptors (Lipinski definition) is 4. The summed E-state index contributed by atoms with van der Waals surface area (Å²) < 4.78 is 0. The zero-order valence-corrected chi connectivity index (χ0v) is 9.42. The fourth-order valence-corrected chi connectivity index (χ4v) is 1.84. The molecule has 0 aliphatic carbocycles. The Kier molecular flexibility index (Phi) is 2.95. The normalized spacial score (nSPS) is 19.5. The third kappa shape index (κ3) is 2.35. The highest BCUT2D eigenvalue weighted by molar-refractivity contribution is 5.86. The quantitative estimate of drug-likeness (QED) is 0.631. The second-order valence-electron chi connectivity index (χ2n) is 4.05. The smallest absolute Gasteiger partial charge is 0.269 e. The van der Waals surface area contributed by atoms with Crippen molar-refractivity contribution < 1.29 is 9.72 Å². The molecule has 0 aromatic heterocycles. The van der Waals surface area contributed by atoms with Gasteiger partial charge in [-0.05, 0) is 18.6 Å². The molecule has 0 spiro atoms. The number of likely N-dealkylation sites (N-methyl/N-ethyl adjacent to an activating group) is 1. The van der Waals surface area contributed by atoms with E-state index in [4.69, 9.17) is 0 Å². The van der Waals surface area contributed by atoms with E-state index in [0.717, 1.165) is 18.7 Å². The summed E-state index contributed by atoms with van der Waals surface area (Å²) in [6.45, 7) is 0.740. The predicted octanol–water partition coefficient (Wildman–Crippen LogP) is 1.24.